The van der Waals surface area contributed by atoms with Gasteiger partial charge in [0.15, 0.2) is 11.5 Å². The second-order valence-electron chi connectivity index (χ2n) is 2.54. The molecule has 0 aliphatic rings. The fourth-order valence-corrected chi connectivity index (χ4v) is 1.07. The minimum atomic E-state index is 0.0748. The summed E-state index contributed by atoms with van der Waals surface area (Å²) in [5, 5.41) is 9.55. The first-order chi connectivity index (χ1) is 6.22. The predicted octanol–water partition coefficient (Wildman–Crippen LogP) is 0.868. The van der Waals surface area contributed by atoms with E-state index in [0.717, 1.165) is 0 Å². The van der Waals surface area contributed by atoms with Gasteiger partial charge in [0.1, 0.15) is 5.75 Å². The van der Waals surface area contributed by atoms with Crippen molar-refractivity contribution >= 4 is 0 Å². The molecule has 0 atom stereocenters. The molecule has 0 heterocycles. The van der Waals surface area contributed by atoms with E-state index in [-0.39, 0.29) is 12.3 Å². The average Bonchev–Trinajstić information content (AvgIpc) is 2.18. The van der Waals surface area contributed by atoms with Crippen LogP contribution in [0.25, 0.3) is 0 Å². The standard InChI is InChI=1S/C9H13NO3/c1-12-7-3-6(5-10)9(11)8(4-7)13-2/h3-4,11H,5,10H2,1-2H3. The summed E-state index contributed by atoms with van der Waals surface area (Å²) >= 11 is 0. The molecule has 0 aromatic heterocycles. The lowest BCUT2D eigenvalue weighted by Gasteiger charge is -2.09. The minimum absolute atomic E-state index is 0.0748. The summed E-state index contributed by atoms with van der Waals surface area (Å²) in [4.78, 5) is 0. The number of hydrogen-bond acceptors (Lipinski definition) is 4. The molecule has 0 amide bonds. The van der Waals surface area contributed by atoms with E-state index in [9.17, 15) is 5.11 Å². The zero-order chi connectivity index (χ0) is 9.84. The second-order valence-corrected chi connectivity index (χ2v) is 2.54. The zero-order valence-electron chi connectivity index (χ0n) is 7.70. The van der Waals surface area contributed by atoms with Gasteiger partial charge in [0.05, 0.1) is 14.2 Å². The van der Waals surface area contributed by atoms with E-state index in [1.807, 2.05) is 0 Å². The Morgan fingerprint density at radius 3 is 2.46 bits per heavy atom. The molecule has 72 valence electrons. The van der Waals surface area contributed by atoms with Crippen molar-refractivity contribution < 1.29 is 14.6 Å². The Morgan fingerprint density at radius 2 is 2.00 bits per heavy atom. The van der Waals surface area contributed by atoms with Crippen molar-refractivity contribution in [3.63, 3.8) is 0 Å². The third-order valence-electron chi connectivity index (χ3n) is 1.80. The summed E-state index contributed by atoms with van der Waals surface area (Å²) in [6.45, 7) is 0.249. The van der Waals surface area contributed by atoms with Crippen LogP contribution < -0.4 is 15.2 Å². The van der Waals surface area contributed by atoms with Crippen LogP contribution in [0, 0.1) is 0 Å². The molecule has 0 aliphatic heterocycles. The van der Waals surface area contributed by atoms with E-state index in [0.29, 0.717) is 17.1 Å². The van der Waals surface area contributed by atoms with Crippen LogP contribution in [0.3, 0.4) is 0 Å². The molecule has 13 heavy (non-hydrogen) atoms. The van der Waals surface area contributed by atoms with Gasteiger partial charge < -0.3 is 20.3 Å². The molecule has 0 radical (unpaired) electrons. The summed E-state index contributed by atoms with van der Waals surface area (Å²) in [6.07, 6.45) is 0. The lowest BCUT2D eigenvalue weighted by Crippen LogP contribution is -1.99. The Kier molecular flexibility index (Phi) is 2.97. The number of aromatic hydroxyl groups is 1. The van der Waals surface area contributed by atoms with Gasteiger partial charge in [-0.15, -0.1) is 0 Å². The van der Waals surface area contributed by atoms with Crippen LogP contribution in [0.1, 0.15) is 5.56 Å². The lowest BCUT2D eigenvalue weighted by molar-refractivity contribution is 0.361. The lowest BCUT2D eigenvalue weighted by atomic mass is 10.1. The Bertz CT molecular complexity index is 274. The molecule has 1 rings (SSSR count). The summed E-state index contributed by atoms with van der Waals surface area (Å²) in [5.41, 5.74) is 6.03. The van der Waals surface area contributed by atoms with Crippen LogP contribution >= 0.6 is 0 Å². The molecule has 0 saturated carbocycles. The number of ether oxygens (including phenoxy) is 2. The Labute approximate surface area is 76.9 Å². The SMILES string of the molecule is COc1cc(CN)c(O)c(OC)c1. The van der Waals surface area contributed by atoms with Gasteiger partial charge in [-0.3, -0.25) is 0 Å². The maximum atomic E-state index is 9.55. The van der Waals surface area contributed by atoms with Gasteiger partial charge in [0.2, 0.25) is 0 Å². The molecule has 4 heteroatoms. The molecule has 0 bridgehead atoms. The molecule has 1 aromatic carbocycles. The van der Waals surface area contributed by atoms with E-state index in [1.54, 1.807) is 19.2 Å². The monoisotopic (exact) mass is 183 g/mol. The van der Waals surface area contributed by atoms with Crippen molar-refractivity contribution in [3.8, 4) is 17.2 Å². The fourth-order valence-electron chi connectivity index (χ4n) is 1.07. The average molecular weight is 183 g/mol. The maximum Gasteiger partial charge on any atom is 0.164 e. The highest BCUT2D eigenvalue weighted by atomic mass is 16.5. The molecule has 0 spiro atoms. The van der Waals surface area contributed by atoms with E-state index in [2.05, 4.69) is 0 Å². The molecule has 1 aromatic rings. The van der Waals surface area contributed by atoms with Crippen LogP contribution in [0.2, 0.25) is 0 Å². The highest BCUT2D eigenvalue weighted by molar-refractivity contribution is 5.50. The number of phenols is 1. The van der Waals surface area contributed by atoms with Crippen molar-refractivity contribution in [2.75, 3.05) is 14.2 Å². The summed E-state index contributed by atoms with van der Waals surface area (Å²) in [7, 11) is 3.03. The Hall–Kier alpha value is -1.42. The van der Waals surface area contributed by atoms with E-state index in [4.69, 9.17) is 15.2 Å². The Morgan fingerprint density at radius 1 is 1.31 bits per heavy atom. The number of methoxy groups -OCH3 is 2. The smallest absolute Gasteiger partial charge is 0.164 e. The van der Waals surface area contributed by atoms with Crippen LogP contribution in [0.4, 0.5) is 0 Å². The molecule has 0 saturated heterocycles. The van der Waals surface area contributed by atoms with Gasteiger partial charge in [-0.2, -0.15) is 0 Å². The van der Waals surface area contributed by atoms with Gasteiger partial charge in [0.25, 0.3) is 0 Å². The number of benzene rings is 1. The van der Waals surface area contributed by atoms with Crippen molar-refractivity contribution in [2.24, 2.45) is 5.73 Å². The van der Waals surface area contributed by atoms with Gasteiger partial charge in [-0.05, 0) is 6.07 Å². The Balaban J connectivity index is 3.20. The van der Waals surface area contributed by atoms with Gasteiger partial charge in [-0.25, -0.2) is 0 Å². The molecule has 0 unspecified atom stereocenters. The van der Waals surface area contributed by atoms with Gasteiger partial charge in [-0.1, -0.05) is 0 Å². The van der Waals surface area contributed by atoms with E-state index in [1.165, 1.54) is 7.11 Å². The topological polar surface area (TPSA) is 64.7 Å². The van der Waals surface area contributed by atoms with Gasteiger partial charge >= 0.3 is 0 Å². The van der Waals surface area contributed by atoms with E-state index >= 15 is 0 Å². The predicted molar refractivity (Wildman–Crippen MR) is 49.1 cm³/mol. The van der Waals surface area contributed by atoms with Crippen LogP contribution in [0.5, 0.6) is 17.2 Å². The summed E-state index contributed by atoms with van der Waals surface area (Å²) in [5.74, 6) is 1.07. The van der Waals surface area contributed by atoms with E-state index < -0.39 is 0 Å². The number of phenolic OH excluding ortho intramolecular Hbond substituents is 1. The quantitative estimate of drug-likeness (QED) is 0.729. The first-order valence-corrected chi connectivity index (χ1v) is 3.86. The van der Waals surface area contributed by atoms with Crippen molar-refractivity contribution in [2.45, 2.75) is 6.54 Å². The van der Waals surface area contributed by atoms with Crippen LogP contribution in [-0.4, -0.2) is 19.3 Å². The minimum Gasteiger partial charge on any atom is -0.504 e. The third-order valence-corrected chi connectivity index (χ3v) is 1.80. The van der Waals surface area contributed by atoms with Crippen molar-refractivity contribution in [1.29, 1.82) is 0 Å². The van der Waals surface area contributed by atoms with Crippen molar-refractivity contribution in [1.82, 2.24) is 0 Å². The van der Waals surface area contributed by atoms with Gasteiger partial charge in [0, 0.05) is 18.2 Å². The number of hydrogen-bond donors (Lipinski definition) is 2. The largest absolute Gasteiger partial charge is 0.504 e. The summed E-state index contributed by atoms with van der Waals surface area (Å²) in [6, 6.07) is 3.28. The number of nitrogens with two attached hydrogens (primary N) is 1. The fraction of sp³-hybridized carbons (Fsp3) is 0.333. The first kappa shape index (κ1) is 9.67. The van der Waals surface area contributed by atoms with Crippen LogP contribution in [-0.2, 0) is 6.54 Å². The van der Waals surface area contributed by atoms with Crippen molar-refractivity contribution in [3.05, 3.63) is 17.7 Å². The third kappa shape index (κ3) is 1.84. The molecule has 0 fully saturated rings. The molecule has 0 aliphatic carbocycles. The molecule has 3 N–H and O–H groups in total. The first-order valence-electron chi connectivity index (χ1n) is 3.86. The molecule has 4 nitrogen and oxygen atoms in total. The maximum absolute atomic E-state index is 9.55. The molecular formula is C9H13NO3. The normalized spacial score (nSPS) is 9.77. The molecular weight excluding hydrogens is 170 g/mol. The van der Waals surface area contributed by atoms with Crippen LogP contribution in [0.15, 0.2) is 12.1 Å². The number of rotatable bonds is 3. The highest BCUT2D eigenvalue weighted by Gasteiger charge is 2.09. The summed E-state index contributed by atoms with van der Waals surface area (Å²) < 4.78 is 9.95. The zero-order valence-corrected chi connectivity index (χ0v) is 7.70. The second kappa shape index (κ2) is 4.00. The highest BCUT2D eigenvalue weighted by Crippen LogP contribution is 2.33.